The molecule has 9 heteroatoms. The summed E-state index contributed by atoms with van der Waals surface area (Å²) in [5, 5.41) is 11.9. The highest BCUT2D eigenvalue weighted by Gasteiger charge is 2.29. The van der Waals surface area contributed by atoms with E-state index in [0.29, 0.717) is 36.9 Å². The molecule has 1 N–H and O–H groups in total. The molecule has 1 aliphatic heterocycles. The third-order valence-electron chi connectivity index (χ3n) is 4.26. The number of aromatic nitrogens is 2. The minimum Gasteiger partial charge on any atom is -0.324 e. The van der Waals surface area contributed by atoms with E-state index in [4.69, 9.17) is 5.26 Å². The van der Waals surface area contributed by atoms with Crippen LogP contribution in [0.25, 0.3) is 0 Å². The minimum atomic E-state index is -0.680. The SMILES string of the molecule is Cc1nsc(NC(=O)N2CCC(C(=O)c3ccc(C#N)cc3F)CC2)n1. The van der Waals surface area contributed by atoms with E-state index < -0.39 is 5.82 Å². The van der Waals surface area contributed by atoms with Gasteiger partial charge in [-0.3, -0.25) is 10.1 Å². The fourth-order valence-electron chi connectivity index (χ4n) is 2.87. The molecule has 0 unspecified atom stereocenters. The number of carbonyl (C=O) groups is 2. The summed E-state index contributed by atoms with van der Waals surface area (Å²) in [5.74, 6) is -0.711. The number of likely N-dealkylation sites (tertiary alicyclic amines) is 1. The van der Waals surface area contributed by atoms with Gasteiger partial charge in [0.2, 0.25) is 5.13 Å². The Bertz CT molecular complexity index is 884. The van der Waals surface area contributed by atoms with Crippen LogP contribution in [0.15, 0.2) is 18.2 Å². The first-order chi connectivity index (χ1) is 12.5. The standard InChI is InChI=1S/C17H16FN5O2S/c1-10-20-16(26-22-10)21-17(25)23-6-4-12(5-7-23)15(24)13-3-2-11(9-19)8-14(13)18/h2-3,8,12H,4-7H2,1H3,(H,20,21,22,25). The van der Waals surface area contributed by atoms with E-state index in [1.807, 2.05) is 6.07 Å². The van der Waals surface area contributed by atoms with Crippen molar-refractivity contribution in [2.24, 2.45) is 5.92 Å². The quantitative estimate of drug-likeness (QED) is 0.834. The predicted molar refractivity (Wildman–Crippen MR) is 93.4 cm³/mol. The maximum atomic E-state index is 14.0. The zero-order chi connectivity index (χ0) is 18.7. The molecule has 3 rings (SSSR count). The maximum absolute atomic E-state index is 14.0. The van der Waals surface area contributed by atoms with Crippen LogP contribution in [0.1, 0.15) is 34.6 Å². The number of amides is 2. The third-order valence-corrected chi connectivity index (χ3v) is 4.98. The number of nitrogens with one attached hydrogen (secondary N) is 1. The maximum Gasteiger partial charge on any atom is 0.323 e. The summed E-state index contributed by atoms with van der Waals surface area (Å²) >= 11 is 1.11. The van der Waals surface area contributed by atoms with Crippen molar-refractivity contribution >= 4 is 28.5 Å². The average molecular weight is 373 g/mol. The smallest absolute Gasteiger partial charge is 0.323 e. The Morgan fingerprint density at radius 1 is 1.38 bits per heavy atom. The van der Waals surface area contributed by atoms with Gasteiger partial charge >= 0.3 is 6.03 Å². The molecule has 2 aromatic rings. The van der Waals surface area contributed by atoms with E-state index in [9.17, 15) is 14.0 Å². The number of rotatable bonds is 3. The molecule has 134 valence electrons. The van der Waals surface area contributed by atoms with Crippen LogP contribution < -0.4 is 5.32 Å². The molecule has 0 saturated carbocycles. The van der Waals surface area contributed by atoms with Crippen LogP contribution in [-0.4, -0.2) is 39.2 Å². The molecule has 2 heterocycles. The average Bonchev–Trinajstić information content (AvgIpc) is 3.05. The number of Topliss-reactive ketones (excluding diaryl/α,β-unsaturated/α-hetero) is 1. The van der Waals surface area contributed by atoms with Crippen molar-refractivity contribution < 1.29 is 14.0 Å². The minimum absolute atomic E-state index is 0.00348. The van der Waals surface area contributed by atoms with Gasteiger partial charge in [0.15, 0.2) is 5.78 Å². The van der Waals surface area contributed by atoms with Crippen molar-refractivity contribution in [2.75, 3.05) is 18.4 Å². The molecular weight excluding hydrogens is 357 g/mol. The van der Waals surface area contributed by atoms with Gasteiger partial charge < -0.3 is 4.90 Å². The Kier molecular flexibility index (Phi) is 5.23. The summed E-state index contributed by atoms with van der Waals surface area (Å²) in [6.45, 7) is 2.54. The summed E-state index contributed by atoms with van der Waals surface area (Å²) < 4.78 is 18.0. The van der Waals surface area contributed by atoms with E-state index in [2.05, 4.69) is 14.7 Å². The molecule has 1 aromatic heterocycles. The van der Waals surface area contributed by atoms with Crippen molar-refractivity contribution in [2.45, 2.75) is 19.8 Å². The Morgan fingerprint density at radius 3 is 2.69 bits per heavy atom. The van der Waals surface area contributed by atoms with Crippen LogP contribution >= 0.6 is 11.5 Å². The second kappa shape index (κ2) is 7.58. The zero-order valence-electron chi connectivity index (χ0n) is 14.0. The van der Waals surface area contributed by atoms with Crippen LogP contribution in [0, 0.1) is 30.0 Å². The van der Waals surface area contributed by atoms with Gasteiger partial charge in [-0.2, -0.15) is 9.64 Å². The molecule has 2 amide bonds. The highest BCUT2D eigenvalue weighted by Crippen LogP contribution is 2.24. The van der Waals surface area contributed by atoms with Crippen LogP contribution in [0.4, 0.5) is 14.3 Å². The Balaban J connectivity index is 1.58. The molecule has 7 nitrogen and oxygen atoms in total. The second-order valence-corrected chi connectivity index (χ2v) is 6.76. The fourth-order valence-corrected chi connectivity index (χ4v) is 3.43. The van der Waals surface area contributed by atoms with Gasteiger partial charge in [0.05, 0.1) is 17.2 Å². The monoisotopic (exact) mass is 373 g/mol. The number of nitriles is 1. The van der Waals surface area contributed by atoms with Gasteiger partial charge in [-0.15, -0.1) is 0 Å². The lowest BCUT2D eigenvalue weighted by molar-refractivity contribution is 0.0855. The molecule has 0 spiro atoms. The van der Waals surface area contributed by atoms with E-state index in [-0.39, 0.29) is 28.9 Å². The number of urea groups is 1. The molecule has 0 radical (unpaired) electrons. The van der Waals surface area contributed by atoms with Gasteiger partial charge in [-0.1, -0.05) is 0 Å². The topological polar surface area (TPSA) is 99.0 Å². The van der Waals surface area contributed by atoms with Crippen molar-refractivity contribution in [3.8, 4) is 6.07 Å². The lowest BCUT2D eigenvalue weighted by Gasteiger charge is -2.31. The number of benzene rings is 1. The first-order valence-electron chi connectivity index (χ1n) is 8.08. The number of hydrogen-bond donors (Lipinski definition) is 1. The zero-order valence-corrected chi connectivity index (χ0v) is 14.8. The number of halogens is 1. The number of anilines is 1. The summed E-state index contributed by atoms with van der Waals surface area (Å²) in [4.78, 5) is 30.4. The number of nitrogens with zero attached hydrogens (tertiary/aromatic N) is 4. The van der Waals surface area contributed by atoms with Crippen molar-refractivity contribution in [3.05, 3.63) is 41.0 Å². The highest BCUT2D eigenvalue weighted by atomic mass is 32.1. The molecule has 0 aliphatic carbocycles. The summed E-state index contributed by atoms with van der Waals surface area (Å²) in [6.07, 6.45) is 0.918. The molecule has 1 saturated heterocycles. The van der Waals surface area contributed by atoms with Crippen LogP contribution in [0.2, 0.25) is 0 Å². The third kappa shape index (κ3) is 3.86. The number of ketones is 1. The lowest BCUT2D eigenvalue weighted by Crippen LogP contribution is -2.42. The van der Waals surface area contributed by atoms with Gasteiger partial charge in [-0.05, 0) is 38.0 Å². The number of carbonyl (C=O) groups excluding carboxylic acids is 2. The van der Waals surface area contributed by atoms with E-state index in [0.717, 1.165) is 17.6 Å². The molecule has 1 aliphatic rings. The summed E-state index contributed by atoms with van der Waals surface area (Å²) in [7, 11) is 0. The van der Waals surface area contributed by atoms with Gasteiger partial charge in [-0.25, -0.2) is 14.2 Å². The number of aryl methyl sites for hydroxylation is 1. The first-order valence-corrected chi connectivity index (χ1v) is 8.85. The van der Waals surface area contributed by atoms with E-state index in [1.54, 1.807) is 11.8 Å². The fraction of sp³-hybridized carbons (Fsp3) is 0.353. The summed E-state index contributed by atoms with van der Waals surface area (Å²) in [5.41, 5.74) is 0.175. The number of hydrogen-bond acceptors (Lipinski definition) is 6. The predicted octanol–water partition coefficient (Wildman–Crippen LogP) is 2.98. The Labute approximate surface area is 153 Å². The van der Waals surface area contributed by atoms with Gasteiger partial charge in [0.1, 0.15) is 11.6 Å². The van der Waals surface area contributed by atoms with Crippen molar-refractivity contribution in [1.29, 1.82) is 5.26 Å². The van der Waals surface area contributed by atoms with E-state index in [1.165, 1.54) is 12.1 Å². The van der Waals surface area contributed by atoms with Gasteiger partial charge in [0.25, 0.3) is 0 Å². The molecule has 0 bridgehead atoms. The van der Waals surface area contributed by atoms with Crippen molar-refractivity contribution in [1.82, 2.24) is 14.3 Å². The van der Waals surface area contributed by atoms with Crippen LogP contribution in [-0.2, 0) is 0 Å². The normalized spacial score (nSPS) is 14.7. The summed E-state index contributed by atoms with van der Waals surface area (Å²) in [6, 6.07) is 5.42. The van der Waals surface area contributed by atoms with Gasteiger partial charge in [0, 0.05) is 30.5 Å². The molecule has 1 fully saturated rings. The highest BCUT2D eigenvalue weighted by molar-refractivity contribution is 7.09. The molecule has 0 atom stereocenters. The Morgan fingerprint density at radius 2 is 2.12 bits per heavy atom. The van der Waals surface area contributed by atoms with Crippen molar-refractivity contribution in [3.63, 3.8) is 0 Å². The van der Waals surface area contributed by atoms with Crippen LogP contribution in [0.5, 0.6) is 0 Å². The molecular formula is C17H16FN5O2S. The molecule has 26 heavy (non-hydrogen) atoms. The lowest BCUT2D eigenvalue weighted by atomic mass is 9.88. The number of piperidine rings is 1. The molecule has 1 aromatic carbocycles. The first kappa shape index (κ1) is 17.9. The largest absolute Gasteiger partial charge is 0.324 e. The second-order valence-electron chi connectivity index (χ2n) is 6.01. The van der Waals surface area contributed by atoms with Crippen LogP contribution in [0.3, 0.4) is 0 Å². The van der Waals surface area contributed by atoms with E-state index >= 15 is 0 Å². The Hall–Kier alpha value is -2.86.